The minimum Gasteiger partial charge on any atom is -0.463 e. The number of ether oxygens (including phenoxy) is 1. The van der Waals surface area contributed by atoms with Crippen LogP contribution in [0.3, 0.4) is 0 Å². The van der Waals surface area contributed by atoms with Gasteiger partial charge in [-0.05, 0) is 43.7 Å². The Balaban J connectivity index is 1.74. The number of thiazole rings is 1. The van der Waals surface area contributed by atoms with Crippen LogP contribution in [0.1, 0.15) is 31.0 Å². The number of hydrogen-bond donors (Lipinski definition) is 0. The molecular weight excluding hydrogens is 496 g/mol. The molecule has 0 saturated heterocycles. The summed E-state index contributed by atoms with van der Waals surface area (Å²) in [6, 6.07) is 16.3. The van der Waals surface area contributed by atoms with E-state index in [2.05, 4.69) is 11.1 Å². The molecule has 5 rings (SSSR count). The third kappa shape index (κ3) is 4.06. The maximum absolute atomic E-state index is 13.8. The van der Waals surface area contributed by atoms with Crippen molar-refractivity contribution in [2.24, 2.45) is 4.99 Å². The molecule has 36 heavy (non-hydrogen) atoms. The maximum atomic E-state index is 13.8. The Labute approximate surface area is 215 Å². The molecule has 4 aromatic rings. The molecule has 0 radical (unpaired) electrons. The molecule has 2 aromatic heterocycles. The fraction of sp³-hybridized carbons (Fsp3) is 0.185. The first kappa shape index (κ1) is 23.8. The van der Waals surface area contributed by atoms with E-state index in [-0.39, 0.29) is 18.7 Å². The second kappa shape index (κ2) is 9.61. The first-order valence-corrected chi connectivity index (χ1v) is 12.5. The normalized spacial score (nSPS) is 15.5. The van der Waals surface area contributed by atoms with Crippen molar-refractivity contribution >= 4 is 45.9 Å². The second-order valence-electron chi connectivity index (χ2n) is 8.24. The molecule has 0 aliphatic carbocycles. The summed E-state index contributed by atoms with van der Waals surface area (Å²) in [4.78, 5) is 31.9. The summed E-state index contributed by atoms with van der Waals surface area (Å²) in [5.74, 6) is -0.507. The summed E-state index contributed by atoms with van der Waals surface area (Å²) in [5, 5.41) is 10.7. The molecule has 1 atom stereocenters. The van der Waals surface area contributed by atoms with E-state index in [4.69, 9.17) is 16.3 Å². The summed E-state index contributed by atoms with van der Waals surface area (Å²) in [6.45, 7) is 3.90. The van der Waals surface area contributed by atoms with E-state index in [1.807, 2.05) is 41.1 Å². The standard InChI is InChI=1S/C27H21ClN4O3S/c1-3-35-26(34)23-16(2)30-27-32(24(23)17-8-10-19(28)11-9-17)25(33)22(36-27)14-18-15-31(13-12-29)21-7-5-4-6-20(18)21/h4-11,14-15,24H,3,13H2,1-2H3/b22-14-/t24-/m1/s1. The summed E-state index contributed by atoms with van der Waals surface area (Å²) >= 11 is 7.37. The Bertz CT molecular complexity index is 1750. The molecule has 0 bridgehead atoms. The molecule has 0 saturated carbocycles. The van der Waals surface area contributed by atoms with Crippen LogP contribution < -0.4 is 14.9 Å². The van der Waals surface area contributed by atoms with Crippen LogP contribution >= 0.6 is 22.9 Å². The Morgan fingerprint density at radius 2 is 2.00 bits per heavy atom. The zero-order valence-electron chi connectivity index (χ0n) is 19.6. The van der Waals surface area contributed by atoms with E-state index < -0.39 is 12.0 Å². The number of esters is 1. The van der Waals surface area contributed by atoms with Gasteiger partial charge in [-0.25, -0.2) is 9.79 Å². The van der Waals surface area contributed by atoms with Gasteiger partial charge in [-0.3, -0.25) is 9.36 Å². The lowest BCUT2D eigenvalue weighted by Crippen LogP contribution is -2.39. The highest BCUT2D eigenvalue weighted by atomic mass is 35.5. The van der Waals surface area contributed by atoms with Gasteiger partial charge < -0.3 is 9.30 Å². The van der Waals surface area contributed by atoms with Gasteiger partial charge in [0.2, 0.25) is 0 Å². The number of nitrogens with zero attached hydrogens (tertiary/aromatic N) is 4. The van der Waals surface area contributed by atoms with Crippen LogP contribution in [0.5, 0.6) is 0 Å². The lowest BCUT2D eigenvalue weighted by Gasteiger charge is -2.24. The molecule has 1 aliphatic rings. The Morgan fingerprint density at radius 1 is 1.25 bits per heavy atom. The average molecular weight is 517 g/mol. The van der Waals surface area contributed by atoms with Crippen molar-refractivity contribution in [1.29, 1.82) is 5.26 Å². The van der Waals surface area contributed by atoms with Crippen LogP contribution in [0.2, 0.25) is 5.02 Å². The predicted octanol–water partition coefficient (Wildman–Crippen LogP) is 3.93. The molecule has 0 N–H and O–H groups in total. The number of nitriles is 1. The van der Waals surface area contributed by atoms with E-state index in [9.17, 15) is 14.9 Å². The molecule has 2 aromatic carbocycles. The highest BCUT2D eigenvalue weighted by Crippen LogP contribution is 2.31. The van der Waals surface area contributed by atoms with Crippen LogP contribution in [0.4, 0.5) is 0 Å². The third-order valence-corrected chi connectivity index (χ3v) is 7.28. The Kier molecular flexibility index (Phi) is 6.35. The smallest absolute Gasteiger partial charge is 0.338 e. The van der Waals surface area contributed by atoms with Crippen molar-refractivity contribution in [2.45, 2.75) is 26.4 Å². The summed E-state index contributed by atoms with van der Waals surface area (Å²) < 4.78 is 9.21. The number of rotatable bonds is 5. The highest BCUT2D eigenvalue weighted by Gasteiger charge is 2.33. The first-order chi connectivity index (χ1) is 17.4. The van der Waals surface area contributed by atoms with Crippen LogP contribution in [0, 0.1) is 11.3 Å². The fourth-order valence-electron chi connectivity index (χ4n) is 4.49. The van der Waals surface area contributed by atoms with Crippen molar-refractivity contribution < 1.29 is 9.53 Å². The molecule has 0 unspecified atom stereocenters. The number of para-hydroxylation sites is 1. The van der Waals surface area contributed by atoms with E-state index in [1.54, 1.807) is 42.7 Å². The minimum absolute atomic E-state index is 0.203. The third-order valence-electron chi connectivity index (χ3n) is 6.05. The average Bonchev–Trinajstić information content (AvgIpc) is 3.36. The number of carbonyl (C=O) groups excluding carboxylic acids is 1. The summed E-state index contributed by atoms with van der Waals surface area (Å²) in [6.07, 6.45) is 3.69. The molecule has 0 amide bonds. The number of fused-ring (bicyclic) bond motifs is 2. The van der Waals surface area contributed by atoms with E-state index in [1.165, 1.54) is 11.3 Å². The number of carbonyl (C=O) groups is 1. The van der Waals surface area contributed by atoms with Gasteiger partial charge in [0, 0.05) is 27.7 Å². The molecule has 9 heteroatoms. The number of aromatic nitrogens is 2. The molecule has 7 nitrogen and oxygen atoms in total. The molecule has 180 valence electrons. The largest absolute Gasteiger partial charge is 0.463 e. The quantitative estimate of drug-likeness (QED) is 0.376. The number of benzene rings is 2. The SMILES string of the molecule is CCOC(=O)C1=C(C)N=c2s/c(=C\c3cn(CC#N)c4ccccc34)c(=O)n2[C@@H]1c1ccc(Cl)cc1. The van der Waals surface area contributed by atoms with Gasteiger partial charge in [0.15, 0.2) is 4.80 Å². The van der Waals surface area contributed by atoms with E-state index in [0.717, 1.165) is 22.0 Å². The Morgan fingerprint density at radius 3 is 2.72 bits per heavy atom. The molecule has 0 fully saturated rings. The van der Waals surface area contributed by atoms with E-state index >= 15 is 0 Å². The summed E-state index contributed by atoms with van der Waals surface area (Å²) in [5.41, 5.74) is 3.05. The lowest BCUT2D eigenvalue weighted by atomic mass is 9.96. The van der Waals surface area contributed by atoms with Crippen LogP contribution in [0.25, 0.3) is 17.0 Å². The predicted molar refractivity (Wildman–Crippen MR) is 139 cm³/mol. The van der Waals surface area contributed by atoms with E-state index in [0.29, 0.717) is 25.6 Å². The van der Waals surface area contributed by atoms with Crippen molar-refractivity contribution in [3.8, 4) is 6.07 Å². The van der Waals surface area contributed by atoms with Gasteiger partial charge in [-0.15, -0.1) is 0 Å². The van der Waals surface area contributed by atoms with Crippen LogP contribution in [0.15, 0.2) is 75.8 Å². The lowest BCUT2D eigenvalue weighted by molar-refractivity contribution is -0.139. The maximum Gasteiger partial charge on any atom is 0.338 e. The number of halogens is 1. The molecule has 0 spiro atoms. The highest BCUT2D eigenvalue weighted by molar-refractivity contribution is 7.07. The van der Waals surface area contributed by atoms with Gasteiger partial charge in [0.05, 0.1) is 34.5 Å². The van der Waals surface area contributed by atoms with Gasteiger partial charge in [0.1, 0.15) is 6.54 Å². The molecule has 3 heterocycles. The summed E-state index contributed by atoms with van der Waals surface area (Å²) in [7, 11) is 0. The van der Waals surface area contributed by atoms with Crippen molar-refractivity contribution in [2.75, 3.05) is 6.61 Å². The van der Waals surface area contributed by atoms with Gasteiger partial charge in [-0.1, -0.05) is 53.3 Å². The van der Waals surface area contributed by atoms with Gasteiger partial charge in [0.25, 0.3) is 5.56 Å². The first-order valence-electron chi connectivity index (χ1n) is 11.3. The van der Waals surface area contributed by atoms with Crippen molar-refractivity contribution in [1.82, 2.24) is 9.13 Å². The fourth-order valence-corrected chi connectivity index (χ4v) is 5.65. The zero-order chi connectivity index (χ0) is 25.4. The second-order valence-corrected chi connectivity index (χ2v) is 9.69. The minimum atomic E-state index is -0.695. The van der Waals surface area contributed by atoms with Crippen molar-refractivity contribution in [3.05, 3.63) is 102 Å². The molecule has 1 aliphatic heterocycles. The number of allylic oxidation sites excluding steroid dienone is 1. The van der Waals surface area contributed by atoms with Crippen LogP contribution in [-0.2, 0) is 16.1 Å². The number of hydrogen-bond acceptors (Lipinski definition) is 6. The van der Waals surface area contributed by atoms with Gasteiger partial charge >= 0.3 is 5.97 Å². The van der Waals surface area contributed by atoms with Gasteiger partial charge in [-0.2, -0.15) is 5.26 Å². The topological polar surface area (TPSA) is 89.4 Å². The van der Waals surface area contributed by atoms with Crippen molar-refractivity contribution in [3.63, 3.8) is 0 Å². The zero-order valence-corrected chi connectivity index (χ0v) is 21.1. The molecular formula is C27H21ClN4O3S. The van der Waals surface area contributed by atoms with Crippen LogP contribution in [-0.4, -0.2) is 21.7 Å². The Hall–Kier alpha value is -3.93. The monoisotopic (exact) mass is 516 g/mol.